The van der Waals surface area contributed by atoms with Crippen molar-refractivity contribution < 1.29 is 23.1 Å². The predicted octanol–water partition coefficient (Wildman–Crippen LogP) is 0.558. The van der Waals surface area contributed by atoms with Crippen molar-refractivity contribution in [3.8, 4) is 0 Å². The molecular weight excluding hydrogens is 368 g/mol. The maximum Gasteiger partial charge on any atom is 0.251 e. The molecule has 0 spiro atoms. The second-order valence-electron chi connectivity index (χ2n) is 7.62. The van der Waals surface area contributed by atoms with E-state index in [-0.39, 0.29) is 41.7 Å². The van der Waals surface area contributed by atoms with Gasteiger partial charge < -0.3 is 15.7 Å². The Morgan fingerprint density at radius 1 is 1.04 bits per heavy atom. The molecule has 0 radical (unpaired) electrons. The summed E-state index contributed by atoms with van der Waals surface area (Å²) in [4.78, 5) is 24.8. The topological polar surface area (TPSA) is 113 Å². The van der Waals surface area contributed by atoms with Gasteiger partial charge in [-0.15, -0.1) is 0 Å². The molecule has 7 nitrogen and oxygen atoms in total. The number of aliphatic hydroxyl groups is 1. The summed E-state index contributed by atoms with van der Waals surface area (Å²) in [6.07, 6.45) is 0.737. The Morgan fingerprint density at radius 2 is 1.67 bits per heavy atom. The average Bonchev–Trinajstić information content (AvgIpc) is 2.98. The lowest BCUT2D eigenvalue weighted by Gasteiger charge is -2.24. The van der Waals surface area contributed by atoms with E-state index < -0.39 is 22.0 Å². The monoisotopic (exact) mass is 394 g/mol. The van der Waals surface area contributed by atoms with Gasteiger partial charge in [0.05, 0.1) is 23.7 Å². The molecule has 1 heterocycles. The number of hydrogen-bond donors (Lipinski definition) is 3. The number of nitrogens with one attached hydrogen (secondary N) is 2. The van der Waals surface area contributed by atoms with Crippen LogP contribution in [-0.4, -0.2) is 55.0 Å². The third kappa shape index (κ3) is 5.07. The molecular formula is C19H26N2O5S. The van der Waals surface area contributed by atoms with E-state index in [0.29, 0.717) is 24.8 Å². The standard InChI is InChI=1S/C19H26N2O5S/c1-12-2-4-13(5-3-12)18(23)21-16-10-14(11-17(16)22)19(24)20-15-6-8-27(25,26)9-7-15/h2-5,14-17,22H,6-11H2,1H3,(H,20,24)(H,21,23)/t14-,16-,17-/m0/s1. The summed E-state index contributed by atoms with van der Waals surface area (Å²) in [5.74, 6) is -0.633. The molecule has 8 heteroatoms. The summed E-state index contributed by atoms with van der Waals surface area (Å²) in [5.41, 5.74) is 1.57. The molecule has 1 aromatic rings. The molecule has 0 aromatic heterocycles. The van der Waals surface area contributed by atoms with Gasteiger partial charge >= 0.3 is 0 Å². The van der Waals surface area contributed by atoms with Gasteiger partial charge in [0.15, 0.2) is 0 Å². The van der Waals surface area contributed by atoms with Gasteiger partial charge in [-0.3, -0.25) is 9.59 Å². The first-order valence-electron chi connectivity index (χ1n) is 9.30. The molecule has 27 heavy (non-hydrogen) atoms. The van der Waals surface area contributed by atoms with Crippen LogP contribution in [0.25, 0.3) is 0 Å². The van der Waals surface area contributed by atoms with Gasteiger partial charge in [-0.2, -0.15) is 0 Å². The van der Waals surface area contributed by atoms with E-state index in [9.17, 15) is 23.1 Å². The fourth-order valence-corrected chi connectivity index (χ4v) is 5.19. The molecule has 1 aromatic carbocycles. The third-order valence-corrected chi connectivity index (χ3v) is 7.15. The van der Waals surface area contributed by atoms with Crippen molar-refractivity contribution in [2.24, 2.45) is 5.92 Å². The van der Waals surface area contributed by atoms with Crippen LogP contribution in [0.15, 0.2) is 24.3 Å². The summed E-state index contributed by atoms with van der Waals surface area (Å²) in [7, 11) is -2.97. The number of aliphatic hydroxyl groups excluding tert-OH is 1. The van der Waals surface area contributed by atoms with Gasteiger partial charge in [0, 0.05) is 17.5 Å². The molecule has 1 saturated heterocycles. The van der Waals surface area contributed by atoms with Gasteiger partial charge in [-0.25, -0.2) is 8.42 Å². The smallest absolute Gasteiger partial charge is 0.251 e. The summed E-state index contributed by atoms with van der Waals surface area (Å²) in [6, 6.07) is 6.54. The second kappa shape index (κ2) is 7.98. The molecule has 3 rings (SSSR count). The zero-order valence-corrected chi connectivity index (χ0v) is 16.2. The van der Waals surface area contributed by atoms with E-state index in [1.807, 2.05) is 19.1 Å². The molecule has 3 N–H and O–H groups in total. The first-order valence-corrected chi connectivity index (χ1v) is 11.1. The van der Waals surface area contributed by atoms with Crippen molar-refractivity contribution in [2.45, 2.75) is 50.8 Å². The Balaban J connectivity index is 1.52. The van der Waals surface area contributed by atoms with Gasteiger partial charge in [0.1, 0.15) is 9.84 Å². The summed E-state index contributed by atoms with van der Waals surface area (Å²) < 4.78 is 23.0. The molecule has 148 valence electrons. The van der Waals surface area contributed by atoms with Gasteiger partial charge in [0.25, 0.3) is 5.91 Å². The lowest BCUT2D eigenvalue weighted by molar-refractivity contribution is -0.125. The number of benzene rings is 1. The molecule has 2 fully saturated rings. The highest BCUT2D eigenvalue weighted by Crippen LogP contribution is 2.27. The van der Waals surface area contributed by atoms with Crippen LogP contribution in [0, 0.1) is 12.8 Å². The van der Waals surface area contributed by atoms with Gasteiger partial charge in [-0.1, -0.05) is 17.7 Å². The molecule has 2 amide bonds. The van der Waals surface area contributed by atoms with Crippen molar-refractivity contribution in [1.82, 2.24) is 10.6 Å². The number of aryl methyl sites for hydroxylation is 1. The minimum absolute atomic E-state index is 0.0977. The largest absolute Gasteiger partial charge is 0.391 e. The number of carbonyl (C=O) groups is 2. The van der Waals surface area contributed by atoms with Crippen molar-refractivity contribution in [2.75, 3.05) is 11.5 Å². The number of sulfone groups is 1. The first-order chi connectivity index (χ1) is 12.7. The fraction of sp³-hybridized carbons (Fsp3) is 0.579. The summed E-state index contributed by atoms with van der Waals surface area (Å²) >= 11 is 0. The summed E-state index contributed by atoms with van der Waals surface area (Å²) in [6.45, 7) is 1.94. The second-order valence-corrected chi connectivity index (χ2v) is 9.92. The van der Waals surface area contributed by atoms with E-state index in [1.165, 1.54) is 0 Å². The fourth-order valence-electron chi connectivity index (χ4n) is 3.69. The maximum atomic E-state index is 12.5. The Bertz CT molecular complexity index is 792. The molecule has 0 unspecified atom stereocenters. The van der Waals surface area contributed by atoms with Crippen molar-refractivity contribution in [1.29, 1.82) is 0 Å². The lowest BCUT2D eigenvalue weighted by Crippen LogP contribution is -2.43. The Morgan fingerprint density at radius 3 is 2.30 bits per heavy atom. The third-order valence-electron chi connectivity index (χ3n) is 5.43. The maximum absolute atomic E-state index is 12.5. The van der Waals surface area contributed by atoms with Crippen molar-refractivity contribution in [3.63, 3.8) is 0 Å². The van der Waals surface area contributed by atoms with E-state index in [0.717, 1.165) is 5.56 Å². The van der Waals surface area contributed by atoms with Crippen LogP contribution in [-0.2, 0) is 14.6 Å². The van der Waals surface area contributed by atoms with Crippen LogP contribution in [0.2, 0.25) is 0 Å². The Labute approximate surface area is 159 Å². The zero-order chi connectivity index (χ0) is 19.6. The molecule has 2 aliphatic rings. The number of rotatable bonds is 4. The van der Waals surface area contributed by atoms with Crippen LogP contribution in [0.3, 0.4) is 0 Å². The predicted molar refractivity (Wildman–Crippen MR) is 101 cm³/mol. The number of amides is 2. The zero-order valence-electron chi connectivity index (χ0n) is 15.3. The molecule has 3 atom stereocenters. The number of carbonyl (C=O) groups excluding carboxylic acids is 2. The van der Waals surface area contributed by atoms with Crippen molar-refractivity contribution in [3.05, 3.63) is 35.4 Å². The Hall–Kier alpha value is -1.93. The van der Waals surface area contributed by atoms with Crippen molar-refractivity contribution >= 4 is 21.7 Å². The number of hydrogen-bond acceptors (Lipinski definition) is 5. The quantitative estimate of drug-likeness (QED) is 0.691. The average molecular weight is 394 g/mol. The van der Waals surface area contributed by atoms with Crippen LogP contribution in [0.4, 0.5) is 0 Å². The van der Waals surface area contributed by atoms with Crippen LogP contribution >= 0.6 is 0 Å². The highest BCUT2D eigenvalue weighted by molar-refractivity contribution is 7.91. The van der Waals surface area contributed by atoms with E-state index in [2.05, 4.69) is 10.6 Å². The highest BCUT2D eigenvalue weighted by atomic mass is 32.2. The van der Waals surface area contributed by atoms with Crippen LogP contribution in [0.1, 0.15) is 41.6 Å². The molecule has 1 aliphatic carbocycles. The van der Waals surface area contributed by atoms with E-state index >= 15 is 0 Å². The van der Waals surface area contributed by atoms with Gasteiger partial charge in [0.2, 0.25) is 5.91 Å². The van der Waals surface area contributed by atoms with Crippen LogP contribution < -0.4 is 10.6 Å². The molecule has 0 bridgehead atoms. The molecule has 1 aliphatic heterocycles. The Kier molecular flexibility index (Phi) is 5.86. The minimum atomic E-state index is -2.97. The van der Waals surface area contributed by atoms with Gasteiger partial charge in [-0.05, 0) is 44.7 Å². The first kappa shape index (κ1) is 19.8. The van der Waals surface area contributed by atoms with Crippen LogP contribution in [0.5, 0.6) is 0 Å². The minimum Gasteiger partial charge on any atom is -0.391 e. The SMILES string of the molecule is Cc1ccc(C(=O)N[C@H]2C[C@H](C(=O)NC3CCS(=O)(=O)CC3)C[C@@H]2O)cc1. The highest BCUT2D eigenvalue weighted by Gasteiger charge is 2.38. The molecule has 1 saturated carbocycles. The summed E-state index contributed by atoms with van der Waals surface area (Å²) in [5, 5.41) is 16.0. The lowest BCUT2D eigenvalue weighted by atomic mass is 10.0. The van der Waals surface area contributed by atoms with E-state index in [1.54, 1.807) is 12.1 Å². The van der Waals surface area contributed by atoms with E-state index in [4.69, 9.17) is 0 Å². The normalized spacial score (nSPS) is 27.9.